The van der Waals surface area contributed by atoms with E-state index in [1.165, 1.54) is 23.5 Å². The van der Waals surface area contributed by atoms with E-state index >= 15 is 0 Å². The highest BCUT2D eigenvalue weighted by atomic mass is 32.1. The number of ether oxygens (including phenoxy) is 1. The van der Waals surface area contributed by atoms with Crippen molar-refractivity contribution in [3.8, 4) is 11.8 Å². The van der Waals surface area contributed by atoms with Gasteiger partial charge < -0.3 is 4.74 Å². The van der Waals surface area contributed by atoms with Crippen LogP contribution in [0.2, 0.25) is 0 Å². The van der Waals surface area contributed by atoms with Gasteiger partial charge in [-0.15, -0.1) is 11.3 Å². The van der Waals surface area contributed by atoms with Crippen molar-refractivity contribution >= 4 is 11.3 Å². The van der Waals surface area contributed by atoms with Gasteiger partial charge in [-0.05, 0) is 24.3 Å². The molecule has 0 aliphatic rings. The average Bonchev–Trinajstić information content (AvgIpc) is 2.80. The van der Waals surface area contributed by atoms with Gasteiger partial charge in [0, 0.05) is 11.8 Å². The van der Waals surface area contributed by atoms with E-state index in [0.29, 0.717) is 25.2 Å². The molecule has 1 aromatic heterocycles. The second kappa shape index (κ2) is 6.12. The van der Waals surface area contributed by atoms with Crippen LogP contribution in [0, 0.1) is 17.1 Å². The number of hydrogen-bond acceptors (Lipinski definition) is 4. The molecule has 18 heavy (non-hydrogen) atoms. The molecule has 0 atom stereocenters. The van der Waals surface area contributed by atoms with Gasteiger partial charge in [-0.2, -0.15) is 5.26 Å². The average molecular weight is 262 g/mol. The van der Waals surface area contributed by atoms with Crippen LogP contribution in [-0.2, 0) is 12.8 Å². The van der Waals surface area contributed by atoms with E-state index in [1.807, 2.05) is 5.38 Å². The molecule has 0 amide bonds. The van der Waals surface area contributed by atoms with Crippen LogP contribution < -0.4 is 4.74 Å². The Kier molecular flexibility index (Phi) is 4.26. The quantitative estimate of drug-likeness (QED) is 0.832. The van der Waals surface area contributed by atoms with Gasteiger partial charge in [-0.1, -0.05) is 0 Å². The number of hydrogen-bond donors (Lipinski definition) is 0. The molecule has 0 radical (unpaired) electrons. The highest BCUT2D eigenvalue weighted by Gasteiger charge is 2.02. The molecule has 2 rings (SSSR count). The first-order chi connectivity index (χ1) is 8.78. The van der Waals surface area contributed by atoms with E-state index in [-0.39, 0.29) is 5.82 Å². The lowest BCUT2D eigenvalue weighted by Crippen LogP contribution is -2.01. The van der Waals surface area contributed by atoms with E-state index < -0.39 is 0 Å². The minimum absolute atomic E-state index is 0.275. The SMILES string of the molecule is N#CCc1csc(CCOc2ccc(F)cc2)n1. The van der Waals surface area contributed by atoms with E-state index in [1.54, 1.807) is 12.1 Å². The first-order valence-electron chi connectivity index (χ1n) is 5.46. The van der Waals surface area contributed by atoms with Gasteiger partial charge in [0.2, 0.25) is 0 Å². The van der Waals surface area contributed by atoms with E-state index in [2.05, 4.69) is 11.1 Å². The zero-order valence-corrected chi connectivity index (χ0v) is 10.4. The normalized spacial score (nSPS) is 10.0. The molecule has 0 saturated heterocycles. The van der Waals surface area contributed by atoms with Gasteiger partial charge >= 0.3 is 0 Å². The first-order valence-corrected chi connectivity index (χ1v) is 6.34. The Labute approximate surface area is 108 Å². The highest BCUT2D eigenvalue weighted by Crippen LogP contribution is 2.14. The third-order valence-electron chi connectivity index (χ3n) is 2.26. The molecule has 0 aliphatic heterocycles. The maximum atomic E-state index is 12.7. The monoisotopic (exact) mass is 262 g/mol. The van der Waals surface area contributed by atoms with Crippen molar-refractivity contribution in [2.75, 3.05) is 6.61 Å². The number of nitrogens with zero attached hydrogens (tertiary/aromatic N) is 2. The second-order valence-electron chi connectivity index (χ2n) is 3.62. The zero-order chi connectivity index (χ0) is 12.8. The molecular weight excluding hydrogens is 251 g/mol. The standard InChI is InChI=1S/C13H11FN2OS/c14-10-1-3-12(4-2-10)17-8-6-13-16-11(5-7-15)9-18-13/h1-4,9H,5-6,8H2. The van der Waals surface area contributed by atoms with Crippen molar-refractivity contribution in [3.05, 3.63) is 46.2 Å². The van der Waals surface area contributed by atoms with Gasteiger partial charge in [-0.3, -0.25) is 0 Å². The van der Waals surface area contributed by atoms with Gasteiger partial charge in [-0.25, -0.2) is 9.37 Å². The molecule has 0 fully saturated rings. The molecule has 3 nitrogen and oxygen atoms in total. The number of nitriles is 1. The topological polar surface area (TPSA) is 45.9 Å². The third-order valence-corrected chi connectivity index (χ3v) is 3.22. The Balaban J connectivity index is 1.81. The largest absolute Gasteiger partial charge is 0.493 e. The summed E-state index contributed by atoms with van der Waals surface area (Å²) in [6.45, 7) is 0.491. The predicted octanol–water partition coefficient (Wildman–Crippen LogP) is 2.97. The summed E-state index contributed by atoms with van der Waals surface area (Å²) in [6.07, 6.45) is 1.03. The molecule has 2 aromatic rings. The van der Waals surface area contributed by atoms with Crippen LogP contribution >= 0.6 is 11.3 Å². The maximum Gasteiger partial charge on any atom is 0.123 e. The minimum atomic E-state index is -0.275. The lowest BCUT2D eigenvalue weighted by molar-refractivity contribution is 0.321. The van der Waals surface area contributed by atoms with Crippen molar-refractivity contribution in [1.29, 1.82) is 5.26 Å². The van der Waals surface area contributed by atoms with Crippen molar-refractivity contribution in [2.45, 2.75) is 12.8 Å². The molecule has 0 aliphatic carbocycles. The smallest absolute Gasteiger partial charge is 0.123 e. The summed E-state index contributed by atoms with van der Waals surface area (Å²) in [5.41, 5.74) is 0.805. The molecule has 0 spiro atoms. The fourth-order valence-electron chi connectivity index (χ4n) is 1.41. The molecule has 0 saturated carbocycles. The number of thiazole rings is 1. The Morgan fingerprint density at radius 2 is 2.11 bits per heavy atom. The molecule has 1 aromatic carbocycles. The van der Waals surface area contributed by atoms with Gasteiger partial charge in [0.15, 0.2) is 0 Å². The van der Waals surface area contributed by atoms with E-state index in [4.69, 9.17) is 10.00 Å². The summed E-state index contributed by atoms with van der Waals surface area (Å²) in [5.74, 6) is 0.369. The first kappa shape index (κ1) is 12.5. The third kappa shape index (κ3) is 3.54. The van der Waals surface area contributed by atoms with Gasteiger partial charge in [0.05, 0.1) is 29.8 Å². The number of benzene rings is 1. The minimum Gasteiger partial charge on any atom is -0.493 e. The van der Waals surface area contributed by atoms with Crippen LogP contribution in [0.15, 0.2) is 29.6 Å². The van der Waals surface area contributed by atoms with Crippen molar-refractivity contribution in [1.82, 2.24) is 4.98 Å². The summed E-state index contributed by atoms with van der Waals surface area (Å²) in [6, 6.07) is 7.98. The molecule has 0 unspecified atom stereocenters. The number of rotatable bonds is 5. The number of halogens is 1. The van der Waals surface area contributed by atoms with E-state index in [9.17, 15) is 4.39 Å². The summed E-state index contributed by atoms with van der Waals surface area (Å²) >= 11 is 1.52. The predicted molar refractivity (Wildman–Crippen MR) is 67.0 cm³/mol. The summed E-state index contributed by atoms with van der Waals surface area (Å²) in [4.78, 5) is 4.30. The fraction of sp³-hybridized carbons (Fsp3) is 0.231. The molecule has 0 N–H and O–H groups in total. The van der Waals surface area contributed by atoms with Crippen LogP contribution in [-0.4, -0.2) is 11.6 Å². The summed E-state index contributed by atoms with van der Waals surface area (Å²) in [7, 11) is 0. The van der Waals surface area contributed by atoms with Crippen LogP contribution in [0.1, 0.15) is 10.7 Å². The fourth-order valence-corrected chi connectivity index (χ4v) is 2.19. The Hall–Kier alpha value is -1.93. The molecule has 0 bridgehead atoms. The summed E-state index contributed by atoms with van der Waals surface area (Å²) < 4.78 is 18.1. The van der Waals surface area contributed by atoms with Crippen molar-refractivity contribution < 1.29 is 9.13 Å². The highest BCUT2D eigenvalue weighted by molar-refractivity contribution is 7.09. The Morgan fingerprint density at radius 3 is 2.83 bits per heavy atom. The van der Waals surface area contributed by atoms with Crippen LogP contribution in [0.3, 0.4) is 0 Å². The molecular formula is C13H11FN2OS. The molecule has 92 valence electrons. The number of aromatic nitrogens is 1. The zero-order valence-electron chi connectivity index (χ0n) is 9.60. The summed E-state index contributed by atoms with van der Waals surface area (Å²) in [5, 5.41) is 11.4. The van der Waals surface area contributed by atoms with Gasteiger partial charge in [0.1, 0.15) is 11.6 Å². The second-order valence-corrected chi connectivity index (χ2v) is 4.56. The van der Waals surface area contributed by atoms with Crippen LogP contribution in [0.4, 0.5) is 4.39 Å². The lowest BCUT2D eigenvalue weighted by atomic mass is 10.3. The maximum absolute atomic E-state index is 12.7. The van der Waals surface area contributed by atoms with Gasteiger partial charge in [0.25, 0.3) is 0 Å². The van der Waals surface area contributed by atoms with E-state index in [0.717, 1.165) is 10.7 Å². The molecule has 1 heterocycles. The van der Waals surface area contributed by atoms with Crippen molar-refractivity contribution in [2.24, 2.45) is 0 Å². The molecule has 5 heteroatoms. The van der Waals surface area contributed by atoms with Crippen molar-refractivity contribution in [3.63, 3.8) is 0 Å². The van der Waals surface area contributed by atoms with Crippen LogP contribution in [0.25, 0.3) is 0 Å². The van der Waals surface area contributed by atoms with Crippen LogP contribution in [0.5, 0.6) is 5.75 Å². The Bertz CT molecular complexity index is 545. The lowest BCUT2D eigenvalue weighted by Gasteiger charge is -2.04. The Morgan fingerprint density at radius 1 is 1.33 bits per heavy atom.